The molecule has 76 valence electrons. The standard InChI is InChI=1S/C11H20O2/c1-3-7-10(12)11(13-4-2)8-5-6-9-11/h3,10,12H,1,4-9H2,2H3. The lowest BCUT2D eigenvalue weighted by molar-refractivity contribution is -0.114. The highest BCUT2D eigenvalue weighted by molar-refractivity contribution is 4.95. The molecule has 1 unspecified atom stereocenters. The van der Waals surface area contributed by atoms with E-state index in [4.69, 9.17) is 4.74 Å². The quantitative estimate of drug-likeness (QED) is 0.664. The number of rotatable bonds is 5. The molecule has 0 amide bonds. The predicted octanol–water partition coefficient (Wildman–Crippen LogP) is 2.27. The van der Waals surface area contributed by atoms with Gasteiger partial charge in [0.2, 0.25) is 0 Å². The number of ether oxygens (including phenoxy) is 1. The molecule has 1 aliphatic carbocycles. The van der Waals surface area contributed by atoms with Gasteiger partial charge < -0.3 is 9.84 Å². The number of hydrogen-bond acceptors (Lipinski definition) is 2. The SMILES string of the molecule is C=CCC(O)C1(OCC)CCCC1. The topological polar surface area (TPSA) is 29.5 Å². The molecular formula is C11H20O2. The van der Waals surface area contributed by atoms with E-state index >= 15 is 0 Å². The lowest BCUT2D eigenvalue weighted by Gasteiger charge is -2.33. The Bertz CT molecular complexity index is 159. The molecule has 0 aromatic heterocycles. The Morgan fingerprint density at radius 1 is 1.54 bits per heavy atom. The highest BCUT2D eigenvalue weighted by Crippen LogP contribution is 2.37. The van der Waals surface area contributed by atoms with Gasteiger partial charge in [-0.2, -0.15) is 0 Å². The van der Waals surface area contributed by atoms with E-state index in [0.29, 0.717) is 13.0 Å². The molecule has 2 heteroatoms. The van der Waals surface area contributed by atoms with Gasteiger partial charge in [-0.1, -0.05) is 18.9 Å². The van der Waals surface area contributed by atoms with Gasteiger partial charge in [0, 0.05) is 6.61 Å². The van der Waals surface area contributed by atoms with Gasteiger partial charge >= 0.3 is 0 Å². The third-order valence-corrected chi connectivity index (χ3v) is 2.88. The zero-order chi connectivity index (χ0) is 9.73. The first-order chi connectivity index (χ1) is 6.25. The van der Waals surface area contributed by atoms with Crippen LogP contribution in [0.2, 0.25) is 0 Å². The van der Waals surface area contributed by atoms with Crippen LogP contribution in [0.4, 0.5) is 0 Å². The summed E-state index contributed by atoms with van der Waals surface area (Å²) in [4.78, 5) is 0. The van der Waals surface area contributed by atoms with Gasteiger partial charge in [0.15, 0.2) is 0 Å². The summed E-state index contributed by atoms with van der Waals surface area (Å²) in [5.41, 5.74) is -0.261. The molecule has 0 aliphatic heterocycles. The van der Waals surface area contributed by atoms with Gasteiger partial charge in [0.1, 0.15) is 0 Å². The van der Waals surface area contributed by atoms with Crippen molar-refractivity contribution in [1.29, 1.82) is 0 Å². The summed E-state index contributed by atoms with van der Waals surface area (Å²) in [5, 5.41) is 9.93. The molecule has 0 aromatic carbocycles. The van der Waals surface area contributed by atoms with Crippen LogP contribution in [0, 0.1) is 0 Å². The molecule has 1 saturated carbocycles. The Labute approximate surface area is 80.6 Å². The molecule has 0 heterocycles. The third-order valence-electron chi connectivity index (χ3n) is 2.88. The van der Waals surface area contributed by atoms with Crippen LogP contribution in [0.25, 0.3) is 0 Å². The van der Waals surface area contributed by atoms with E-state index in [9.17, 15) is 5.11 Å². The summed E-state index contributed by atoms with van der Waals surface area (Å²) in [5.74, 6) is 0. The average molecular weight is 184 g/mol. The largest absolute Gasteiger partial charge is 0.390 e. The molecule has 0 spiro atoms. The zero-order valence-corrected chi connectivity index (χ0v) is 8.46. The molecule has 1 aliphatic rings. The third kappa shape index (κ3) is 2.32. The second-order valence-electron chi connectivity index (χ2n) is 3.75. The normalized spacial score (nSPS) is 22.9. The monoisotopic (exact) mass is 184 g/mol. The average Bonchev–Trinajstić information content (AvgIpc) is 2.55. The predicted molar refractivity (Wildman–Crippen MR) is 53.6 cm³/mol. The van der Waals surface area contributed by atoms with E-state index in [2.05, 4.69) is 6.58 Å². The van der Waals surface area contributed by atoms with E-state index in [1.54, 1.807) is 6.08 Å². The lowest BCUT2D eigenvalue weighted by atomic mass is 9.92. The van der Waals surface area contributed by atoms with Crippen LogP contribution in [-0.4, -0.2) is 23.4 Å². The highest BCUT2D eigenvalue weighted by Gasteiger charge is 2.40. The second-order valence-corrected chi connectivity index (χ2v) is 3.75. The minimum atomic E-state index is -0.368. The highest BCUT2D eigenvalue weighted by atomic mass is 16.5. The van der Waals surface area contributed by atoms with Gasteiger partial charge in [0.25, 0.3) is 0 Å². The Morgan fingerprint density at radius 2 is 2.15 bits per heavy atom. The number of aliphatic hydroxyl groups excluding tert-OH is 1. The van der Waals surface area contributed by atoms with Crippen molar-refractivity contribution in [3.8, 4) is 0 Å². The second kappa shape index (κ2) is 4.77. The van der Waals surface area contributed by atoms with Crippen molar-refractivity contribution >= 4 is 0 Å². The molecule has 0 bridgehead atoms. The molecule has 0 radical (unpaired) electrons. The van der Waals surface area contributed by atoms with Gasteiger partial charge in [-0.25, -0.2) is 0 Å². The summed E-state index contributed by atoms with van der Waals surface area (Å²) in [6.45, 7) is 6.32. The smallest absolute Gasteiger partial charge is 0.0943 e. The Hall–Kier alpha value is -0.340. The fourth-order valence-electron chi connectivity index (χ4n) is 2.21. The van der Waals surface area contributed by atoms with Crippen molar-refractivity contribution in [2.24, 2.45) is 0 Å². The molecule has 13 heavy (non-hydrogen) atoms. The van der Waals surface area contributed by atoms with Crippen molar-refractivity contribution in [1.82, 2.24) is 0 Å². The van der Waals surface area contributed by atoms with E-state index in [-0.39, 0.29) is 11.7 Å². The Morgan fingerprint density at radius 3 is 2.62 bits per heavy atom. The Kier molecular flexibility index (Phi) is 3.94. The van der Waals surface area contributed by atoms with Crippen LogP contribution in [0.1, 0.15) is 39.0 Å². The van der Waals surface area contributed by atoms with Gasteiger partial charge in [-0.3, -0.25) is 0 Å². The Balaban J connectivity index is 2.59. The summed E-state index contributed by atoms with van der Waals surface area (Å²) in [6.07, 6.45) is 6.38. The first-order valence-electron chi connectivity index (χ1n) is 5.18. The molecule has 1 fully saturated rings. The van der Waals surface area contributed by atoms with Crippen LogP contribution >= 0.6 is 0 Å². The number of aliphatic hydroxyl groups is 1. The van der Waals surface area contributed by atoms with Crippen molar-refractivity contribution in [2.75, 3.05) is 6.61 Å². The summed E-state index contributed by atoms with van der Waals surface area (Å²) in [6, 6.07) is 0. The fourth-order valence-corrected chi connectivity index (χ4v) is 2.21. The van der Waals surface area contributed by atoms with Crippen LogP contribution in [0.15, 0.2) is 12.7 Å². The summed E-state index contributed by atoms with van der Waals surface area (Å²) in [7, 11) is 0. The fraction of sp³-hybridized carbons (Fsp3) is 0.818. The van der Waals surface area contributed by atoms with Crippen molar-refractivity contribution in [3.63, 3.8) is 0 Å². The molecule has 1 rings (SSSR count). The minimum absolute atomic E-state index is 0.261. The first-order valence-corrected chi connectivity index (χ1v) is 5.18. The van der Waals surface area contributed by atoms with Gasteiger partial charge in [0.05, 0.1) is 11.7 Å². The molecule has 0 saturated heterocycles. The maximum absolute atomic E-state index is 9.93. The van der Waals surface area contributed by atoms with Crippen molar-refractivity contribution < 1.29 is 9.84 Å². The van der Waals surface area contributed by atoms with E-state index in [0.717, 1.165) is 12.8 Å². The van der Waals surface area contributed by atoms with Crippen LogP contribution in [0.5, 0.6) is 0 Å². The maximum atomic E-state index is 9.93. The lowest BCUT2D eigenvalue weighted by Crippen LogP contribution is -2.42. The van der Waals surface area contributed by atoms with E-state index in [1.807, 2.05) is 6.92 Å². The maximum Gasteiger partial charge on any atom is 0.0943 e. The molecule has 0 aromatic rings. The van der Waals surface area contributed by atoms with Crippen molar-refractivity contribution in [3.05, 3.63) is 12.7 Å². The molecule has 1 atom stereocenters. The van der Waals surface area contributed by atoms with Gasteiger partial charge in [-0.05, 0) is 26.2 Å². The van der Waals surface area contributed by atoms with Crippen LogP contribution < -0.4 is 0 Å². The molecular weight excluding hydrogens is 164 g/mol. The number of hydrogen-bond donors (Lipinski definition) is 1. The first kappa shape index (κ1) is 10.7. The van der Waals surface area contributed by atoms with Crippen molar-refractivity contribution in [2.45, 2.75) is 50.7 Å². The van der Waals surface area contributed by atoms with Crippen LogP contribution in [0.3, 0.4) is 0 Å². The summed E-state index contributed by atoms with van der Waals surface area (Å²) >= 11 is 0. The van der Waals surface area contributed by atoms with E-state index < -0.39 is 0 Å². The molecule has 2 nitrogen and oxygen atoms in total. The zero-order valence-electron chi connectivity index (χ0n) is 8.46. The van der Waals surface area contributed by atoms with Gasteiger partial charge in [-0.15, -0.1) is 6.58 Å². The summed E-state index contributed by atoms with van der Waals surface area (Å²) < 4.78 is 5.71. The van der Waals surface area contributed by atoms with E-state index in [1.165, 1.54) is 12.8 Å². The molecule has 1 N–H and O–H groups in total. The minimum Gasteiger partial charge on any atom is -0.390 e. The van der Waals surface area contributed by atoms with Crippen LogP contribution in [-0.2, 0) is 4.74 Å².